The van der Waals surface area contributed by atoms with Gasteiger partial charge in [0.15, 0.2) is 0 Å². The lowest BCUT2D eigenvalue weighted by Crippen LogP contribution is -2.52. The number of rotatable bonds is 11. The summed E-state index contributed by atoms with van der Waals surface area (Å²) >= 11 is 12.7. The van der Waals surface area contributed by atoms with Gasteiger partial charge in [-0.05, 0) is 61.7 Å². The Morgan fingerprint density at radius 2 is 1.66 bits per heavy atom. The zero-order chi connectivity index (χ0) is 29.6. The lowest BCUT2D eigenvalue weighted by Gasteiger charge is -2.33. The first kappa shape index (κ1) is 30.7. The Bertz CT molecular complexity index is 1480. The highest BCUT2D eigenvalue weighted by atomic mass is 35.5. The van der Waals surface area contributed by atoms with Crippen LogP contribution in [0.25, 0.3) is 0 Å². The first-order valence-electron chi connectivity index (χ1n) is 13.4. The smallest absolute Gasteiger partial charge is 0.264 e. The number of carbonyl (C=O) groups is 2. The highest BCUT2D eigenvalue weighted by molar-refractivity contribution is 7.92. The highest BCUT2D eigenvalue weighted by Gasteiger charge is 2.34. The van der Waals surface area contributed by atoms with E-state index in [1.165, 1.54) is 36.3 Å². The number of ether oxygens (including phenoxy) is 1. The van der Waals surface area contributed by atoms with Crippen LogP contribution in [-0.4, -0.2) is 50.9 Å². The molecule has 0 unspecified atom stereocenters. The Kier molecular flexibility index (Phi) is 10.2. The maximum absolute atomic E-state index is 14.1. The largest absolute Gasteiger partial charge is 0.495 e. The second-order valence-corrected chi connectivity index (χ2v) is 12.6. The highest BCUT2D eigenvalue weighted by Crippen LogP contribution is 2.35. The van der Waals surface area contributed by atoms with Gasteiger partial charge in [0.1, 0.15) is 18.3 Å². The number of methoxy groups -OCH3 is 1. The Hall–Kier alpha value is -3.27. The van der Waals surface area contributed by atoms with Crippen molar-refractivity contribution in [1.29, 1.82) is 0 Å². The number of carbonyl (C=O) groups excluding carboxylic acids is 2. The fourth-order valence-corrected chi connectivity index (χ4v) is 6.68. The predicted octanol–water partition coefficient (Wildman–Crippen LogP) is 5.67. The molecule has 41 heavy (non-hydrogen) atoms. The number of benzene rings is 3. The van der Waals surface area contributed by atoms with Crippen LogP contribution in [0.5, 0.6) is 5.75 Å². The van der Waals surface area contributed by atoms with Crippen molar-refractivity contribution in [1.82, 2.24) is 10.2 Å². The second kappa shape index (κ2) is 13.6. The Morgan fingerprint density at radius 3 is 2.32 bits per heavy atom. The number of hydrogen-bond acceptors (Lipinski definition) is 5. The van der Waals surface area contributed by atoms with Crippen LogP contribution in [0.1, 0.15) is 38.2 Å². The van der Waals surface area contributed by atoms with Gasteiger partial charge in [-0.25, -0.2) is 8.42 Å². The molecule has 0 radical (unpaired) electrons. The number of amides is 2. The molecule has 0 spiro atoms. The predicted molar refractivity (Wildman–Crippen MR) is 161 cm³/mol. The summed E-state index contributed by atoms with van der Waals surface area (Å²) in [4.78, 5) is 28.8. The summed E-state index contributed by atoms with van der Waals surface area (Å²) in [6, 6.07) is 18.5. The lowest BCUT2D eigenvalue weighted by atomic mass is 10.1. The van der Waals surface area contributed by atoms with Crippen LogP contribution in [0, 0.1) is 0 Å². The topological polar surface area (TPSA) is 96.0 Å². The fourth-order valence-electron chi connectivity index (χ4n) is 4.88. The van der Waals surface area contributed by atoms with E-state index in [1.54, 1.807) is 55.5 Å². The number of sulfonamides is 1. The monoisotopic (exact) mass is 617 g/mol. The minimum atomic E-state index is -4.26. The maximum Gasteiger partial charge on any atom is 0.264 e. The molecule has 1 saturated carbocycles. The molecule has 0 aliphatic heterocycles. The third-order valence-electron chi connectivity index (χ3n) is 7.19. The summed E-state index contributed by atoms with van der Waals surface area (Å²) in [5, 5.41) is 3.74. The first-order valence-corrected chi connectivity index (χ1v) is 15.6. The van der Waals surface area contributed by atoms with Gasteiger partial charge in [0.25, 0.3) is 10.0 Å². The molecule has 218 valence electrons. The third-order valence-corrected chi connectivity index (χ3v) is 9.56. The molecule has 0 bridgehead atoms. The van der Waals surface area contributed by atoms with Gasteiger partial charge >= 0.3 is 0 Å². The van der Waals surface area contributed by atoms with Crippen LogP contribution in [0.3, 0.4) is 0 Å². The maximum atomic E-state index is 14.1. The zero-order valence-electron chi connectivity index (χ0n) is 22.9. The average molecular weight is 619 g/mol. The van der Waals surface area contributed by atoms with Gasteiger partial charge in [-0.2, -0.15) is 0 Å². The minimum absolute atomic E-state index is 0.00364. The van der Waals surface area contributed by atoms with Crippen molar-refractivity contribution in [2.24, 2.45) is 0 Å². The summed E-state index contributed by atoms with van der Waals surface area (Å²) in [5.74, 6) is -0.693. The lowest BCUT2D eigenvalue weighted by molar-refractivity contribution is -0.139. The quantitative estimate of drug-likeness (QED) is 0.299. The van der Waals surface area contributed by atoms with Crippen LogP contribution in [0.15, 0.2) is 77.7 Å². The van der Waals surface area contributed by atoms with Crippen molar-refractivity contribution >= 4 is 50.7 Å². The molecule has 3 aromatic carbocycles. The number of anilines is 1. The molecule has 8 nitrogen and oxygen atoms in total. The van der Waals surface area contributed by atoms with Gasteiger partial charge < -0.3 is 15.0 Å². The van der Waals surface area contributed by atoms with E-state index in [1.807, 2.05) is 0 Å². The van der Waals surface area contributed by atoms with Crippen LogP contribution >= 0.6 is 23.2 Å². The van der Waals surface area contributed by atoms with E-state index in [0.717, 1.165) is 30.0 Å². The Labute approximate surface area is 251 Å². The molecule has 1 N–H and O–H groups in total. The summed E-state index contributed by atoms with van der Waals surface area (Å²) < 4.78 is 34.4. The first-order chi connectivity index (χ1) is 19.6. The Balaban J connectivity index is 1.74. The van der Waals surface area contributed by atoms with Crippen molar-refractivity contribution in [2.75, 3.05) is 18.0 Å². The van der Waals surface area contributed by atoms with Gasteiger partial charge in [-0.1, -0.05) is 72.4 Å². The standard InChI is InChI=1S/C30H33Cl2N3O5S/c1-21(30(37)33-24-11-7-8-12-24)34(19-22-10-6-9-15-26(22)32)29(36)20-35(27-18-23(31)16-17-28(27)40-2)41(38,39)25-13-4-3-5-14-25/h3-6,9-10,13-18,21,24H,7-8,11-12,19-20H2,1-2H3,(H,33,37)/t21-/m1/s1. The van der Waals surface area contributed by atoms with E-state index in [4.69, 9.17) is 27.9 Å². The summed E-state index contributed by atoms with van der Waals surface area (Å²) in [6.07, 6.45) is 3.84. The fraction of sp³-hybridized carbons (Fsp3) is 0.333. The van der Waals surface area contributed by atoms with Gasteiger partial charge in [0.05, 0.1) is 17.7 Å². The van der Waals surface area contributed by atoms with Crippen molar-refractivity contribution in [2.45, 2.75) is 56.1 Å². The second-order valence-electron chi connectivity index (χ2n) is 9.92. The van der Waals surface area contributed by atoms with E-state index >= 15 is 0 Å². The molecule has 0 saturated heterocycles. The minimum Gasteiger partial charge on any atom is -0.495 e. The third kappa shape index (κ3) is 7.33. The Morgan fingerprint density at radius 1 is 1.00 bits per heavy atom. The molecule has 2 amide bonds. The number of halogens is 2. The van der Waals surface area contributed by atoms with Crippen molar-refractivity contribution in [3.63, 3.8) is 0 Å². The molecule has 0 heterocycles. The van der Waals surface area contributed by atoms with E-state index in [0.29, 0.717) is 10.6 Å². The molecule has 1 fully saturated rings. The molecule has 11 heteroatoms. The average Bonchev–Trinajstić information content (AvgIpc) is 3.48. The molecule has 1 atom stereocenters. The molecule has 1 aliphatic carbocycles. The molecule has 1 aliphatic rings. The van der Waals surface area contributed by atoms with Gasteiger partial charge in [0.2, 0.25) is 11.8 Å². The number of nitrogens with one attached hydrogen (secondary N) is 1. The van der Waals surface area contributed by atoms with Crippen LogP contribution in [-0.2, 0) is 26.2 Å². The molecule has 0 aromatic heterocycles. The zero-order valence-corrected chi connectivity index (χ0v) is 25.3. The molecule has 3 aromatic rings. The summed E-state index contributed by atoms with van der Waals surface area (Å²) in [5.41, 5.74) is 0.721. The SMILES string of the molecule is COc1ccc(Cl)cc1N(CC(=O)N(Cc1ccccc1Cl)[C@H](C)C(=O)NC1CCCC1)S(=O)(=O)c1ccccc1. The van der Waals surface area contributed by atoms with Gasteiger partial charge in [0, 0.05) is 22.6 Å². The molecular formula is C30H33Cl2N3O5S. The normalized spacial score (nSPS) is 14.3. The van der Waals surface area contributed by atoms with Gasteiger partial charge in [-0.15, -0.1) is 0 Å². The van der Waals surface area contributed by atoms with Crippen LogP contribution in [0.2, 0.25) is 10.0 Å². The van der Waals surface area contributed by atoms with Crippen molar-refractivity contribution in [3.8, 4) is 5.75 Å². The van der Waals surface area contributed by atoms with Crippen LogP contribution in [0.4, 0.5) is 5.69 Å². The number of nitrogens with zero attached hydrogens (tertiary/aromatic N) is 2. The van der Waals surface area contributed by atoms with E-state index in [-0.39, 0.29) is 39.8 Å². The van der Waals surface area contributed by atoms with E-state index < -0.39 is 28.5 Å². The van der Waals surface area contributed by atoms with Crippen molar-refractivity contribution < 1.29 is 22.7 Å². The molecular weight excluding hydrogens is 585 g/mol. The van der Waals surface area contributed by atoms with Crippen LogP contribution < -0.4 is 14.4 Å². The van der Waals surface area contributed by atoms with Gasteiger partial charge in [-0.3, -0.25) is 13.9 Å². The van der Waals surface area contributed by atoms with Crippen molar-refractivity contribution in [3.05, 3.63) is 88.4 Å². The molecule has 4 rings (SSSR count). The number of hydrogen-bond donors (Lipinski definition) is 1. The van der Waals surface area contributed by atoms with E-state index in [2.05, 4.69) is 5.32 Å². The summed E-state index contributed by atoms with van der Waals surface area (Å²) in [7, 11) is -2.85. The van der Waals surface area contributed by atoms with E-state index in [9.17, 15) is 18.0 Å². The summed E-state index contributed by atoms with van der Waals surface area (Å²) in [6.45, 7) is 1.03.